The van der Waals surface area contributed by atoms with Crippen LogP contribution in [0.1, 0.15) is 41.6 Å². The number of aromatic nitrogens is 2. The molecule has 9 heteroatoms. The van der Waals surface area contributed by atoms with Crippen LogP contribution < -0.4 is 16.6 Å². The maximum Gasteiger partial charge on any atom is 0.332 e. The number of anilines is 1. The van der Waals surface area contributed by atoms with Crippen molar-refractivity contribution in [2.24, 2.45) is 14.1 Å². The minimum absolute atomic E-state index is 0.100. The molecule has 1 aliphatic carbocycles. The Bertz CT molecular complexity index is 1400. The third kappa shape index (κ3) is 2.96. The number of hydrogen-bond acceptors (Lipinski definition) is 5. The van der Waals surface area contributed by atoms with E-state index < -0.39 is 28.8 Å². The highest BCUT2D eigenvalue weighted by Gasteiger charge is 2.41. The third-order valence-corrected chi connectivity index (χ3v) is 6.22. The van der Waals surface area contributed by atoms with Gasteiger partial charge in [-0.1, -0.05) is 0 Å². The summed E-state index contributed by atoms with van der Waals surface area (Å²) >= 11 is 0. The summed E-state index contributed by atoms with van der Waals surface area (Å²) in [6.45, 7) is 0. The number of nitrogens with one attached hydrogen (secondary N) is 1. The Kier molecular flexibility index (Phi) is 4.51. The molecule has 5 rings (SSSR count). The molecule has 7 nitrogen and oxygen atoms in total. The minimum Gasteiger partial charge on any atom is -0.469 e. The molecule has 3 heterocycles. The van der Waals surface area contributed by atoms with Crippen molar-refractivity contribution < 1.29 is 18.0 Å². The zero-order valence-electron chi connectivity index (χ0n) is 17.3. The predicted molar refractivity (Wildman–Crippen MR) is 111 cm³/mol. The van der Waals surface area contributed by atoms with Gasteiger partial charge >= 0.3 is 5.69 Å². The van der Waals surface area contributed by atoms with Crippen molar-refractivity contribution >= 4 is 11.6 Å². The second-order valence-electron chi connectivity index (χ2n) is 8.16. The zero-order valence-corrected chi connectivity index (χ0v) is 17.3. The summed E-state index contributed by atoms with van der Waals surface area (Å²) < 4.78 is 36.0. The van der Waals surface area contributed by atoms with E-state index in [9.17, 15) is 23.2 Å². The number of Topliss-reactive ketones (excluding diaryl/α,β-unsaturated/α-hetero) is 1. The Morgan fingerprint density at radius 1 is 1.03 bits per heavy atom. The fourth-order valence-corrected chi connectivity index (χ4v) is 4.75. The normalized spacial score (nSPS) is 20.1. The number of carbonyl (C=O) groups is 1. The number of hydrogen-bond donors (Lipinski definition) is 1. The van der Waals surface area contributed by atoms with Gasteiger partial charge in [0.1, 0.15) is 23.2 Å². The Hall–Kier alpha value is -3.75. The van der Waals surface area contributed by atoms with Gasteiger partial charge in [0.25, 0.3) is 5.56 Å². The van der Waals surface area contributed by atoms with Crippen molar-refractivity contribution in [2.45, 2.75) is 24.7 Å². The lowest BCUT2D eigenvalue weighted by Crippen LogP contribution is -2.44. The average Bonchev–Trinajstić information content (AvgIpc) is 3.29. The summed E-state index contributed by atoms with van der Waals surface area (Å²) in [5.74, 6) is -2.29. The first-order chi connectivity index (χ1) is 15.3. The van der Waals surface area contributed by atoms with Gasteiger partial charge in [0.2, 0.25) is 0 Å². The van der Waals surface area contributed by atoms with Crippen LogP contribution in [0.4, 0.5) is 14.6 Å². The van der Waals surface area contributed by atoms with Gasteiger partial charge in [-0.2, -0.15) is 0 Å². The lowest BCUT2D eigenvalue weighted by molar-refractivity contribution is -0.116. The van der Waals surface area contributed by atoms with E-state index in [2.05, 4.69) is 5.32 Å². The first kappa shape index (κ1) is 20.2. The molecule has 0 radical (unpaired) electrons. The molecule has 0 amide bonds. The molecular formula is C23H19F2N3O4. The second-order valence-corrected chi connectivity index (χ2v) is 8.16. The number of rotatable bonds is 2. The Balaban J connectivity index is 1.78. The van der Waals surface area contributed by atoms with Crippen molar-refractivity contribution in [3.05, 3.63) is 97.2 Å². The molecule has 0 saturated carbocycles. The lowest BCUT2D eigenvalue weighted by atomic mass is 9.73. The maximum absolute atomic E-state index is 14.1. The summed E-state index contributed by atoms with van der Waals surface area (Å²) in [6, 6.07) is 6.48. The molecule has 0 fully saturated rings. The van der Waals surface area contributed by atoms with Gasteiger partial charge in [0, 0.05) is 49.7 Å². The van der Waals surface area contributed by atoms with Crippen LogP contribution in [-0.4, -0.2) is 14.9 Å². The standard InChI is InChI=1S/C23H19F2N3O4/c1-27-21-20(22(30)28(2)23(27)31)18(12-6-13(24)10-14(25)7-12)19-15(26-21)8-11(9-16(19)29)17-4-3-5-32-17/h3-7,10-11,18,26H,8-9H2,1-2H3. The van der Waals surface area contributed by atoms with Crippen LogP contribution in [0.3, 0.4) is 0 Å². The van der Waals surface area contributed by atoms with Gasteiger partial charge in [-0.15, -0.1) is 0 Å². The number of ketones is 1. The second kappa shape index (κ2) is 7.15. The molecule has 1 aliphatic heterocycles. The maximum atomic E-state index is 14.1. The Morgan fingerprint density at radius 3 is 2.41 bits per heavy atom. The summed E-state index contributed by atoms with van der Waals surface area (Å²) in [7, 11) is 2.82. The van der Waals surface area contributed by atoms with Crippen LogP contribution in [0.5, 0.6) is 0 Å². The topological polar surface area (TPSA) is 86.2 Å². The van der Waals surface area contributed by atoms with Crippen molar-refractivity contribution in [1.29, 1.82) is 0 Å². The molecule has 0 spiro atoms. The number of fused-ring (bicyclic) bond motifs is 1. The number of benzene rings is 1. The molecule has 3 aromatic rings. The number of allylic oxidation sites excluding steroid dienone is 2. The van der Waals surface area contributed by atoms with E-state index in [0.717, 1.165) is 22.8 Å². The van der Waals surface area contributed by atoms with Gasteiger partial charge in [-0.3, -0.25) is 18.7 Å². The average molecular weight is 439 g/mol. The van der Waals surface area contributed by atoms with Crippen molar-refractivity contribution in [2.75, 3.05) is 5.32 Å². The molecule has 2 aromatic heterocycles. The number of carbonyl (C=O) groups excluding carboxylic acids is 1. The number of nitrogens with zero attached hydrogens (tertiary/aromatic N) is 2. The highest BCUT2D eigenvalue weighted by atomic mass is 19.1. The molecule has 2 atom stereocenters. The summed E-state index contributed by atoms with van der Waals surface area (Å²) in [6.07, 6.45) is 2.04. The minimum atomic E-state index is -1.01. The largest absolute Gasteiger partial charge is 0.469 e. The van der Waals surface area contributed by atoms with Gasteiger partial charge < -0.3 is 9.73 Å². The van der Waals surface area contributed by atoms with E-state index in [-0.39, 0.29) is 40.6 Å². The molecule has 32 heavy (non-hydrogen) atoms. The van der Waals surface area contributed by atoms with Gasteiger partial charge in [-0.25, -0.2) is 13.6 Å². The van der Waals surface area contributed by atoms with E-state index >= 15 is 0 Å². The van der Waals surface area contributed by atoms with E-state index in [1.165, 1.54) is 24.9 Å². The van der Waals surface area contributed by atoms with Gasteiger partial charge in [-0.05, 0) is 36.2 Å². The monoisotopic (exact) mass is 439 g/mol. The summed E-state index contributed by atoms with van der Waals surface area (Å²) in [5, 5.41) is 3.11. The predicted octanol–water partition coefficient (Wildman–Crippen LogP) is 2.91. The molecule has 2 aliphatic rings. The number of furan rings is 1. The third-order valence-electron chi connectivity index (χ3n) is 6.22. The molecule has 2 unspecified atom stereocenters. The Morgan fingerprint density at radius 2 is 1.75 bits per heavy atom. The molecule has 1 N–H and O–H groups in total. The first-order valence-electron chi connectivity index (χ1n) is 10.1. The fraction of sp³-hybridized carbons (Fsp3) is 0.261. The lowest BCUT2D eigenvalue weighted by Gasteiger charge is -2.36. The van der Waals surface area contributed by atoms with Crippen LogP contribution in [0.15, 0.2) is 61.9 Å². The Labute approximate surface area is 180 Å². The van der Waals surface area contributed by atoms with Gasteiger partial charge in [0.15, 0.2) is 5.78 Å². The quantitative estimate of drug-likeness (QED) is 0.664. The van der Waals surface area contributed by atoms with Gasteiger partial charge in [0.05, 0.1) is 11.8 Å². The SMILES string of the molecule is Cn1c2c(c(=O)n(C)c1=O)C(c1cc(F)cc(F)c1)C1=C(CC(c3ccco3)CC1=O)N2. The van der Waals surface area contributed by atoms with Crippen molar-refractivity contribution in [3.8, 4) is 0 Å². The number of halogens is 2. The fourth-order valence-electron chi connectivity index (χ4n) is 4.75. The van der Waals surface area contributed by atoms with E-state index in [1.54, 1.807) is 12.1 Å². The van der Waals surface area contributed by atoms with E-state index in [1.807, 2.05) is 0 Å². The molecule has 0 saturated heterocycles. The first-order valence-corrected chi connectivity index (χ1v) is 10.1. The summed E-state index contributed by atoms with van der Waals surface area (Å²) in [4.78, 5) is 39.0. The van der Waals surface area contributed by atoms with E-state index in [0.29, 0.717) is 17.9 Å². The smallest absolute Gasteiger partial charge is 0.332 e. The van der Waals surface area contributed by atoms with E-state index in [4.69, 9.17) is 4.42 Å². The molecule has 0 bridgehead atoms. The van der Waals surface area contributed by atoms with Crippen LogP contribution in [-0.2, 0) is 18.9 Å². The summed E-state index contributed by atoms with van der Waals surface area (Å²) in [5.41, 5.74) is -0.160. The van der Waals surface area contributed by atoms with Crippen LogP contribution >= 0.6 is 0 Å². The van der Waals surface area contributed by atoms with Crippen molar-refractivity contribution in [1.82, 2.24) is 9.13 Å². The zero-order chi connectivity index (χ0) is 22.7. The van der Waals surface area contributed by atoms with Crippen LogP contribution in [0.25, 0.3) is 0 Å². The van der Waals surface area contributed by atoms with Crippen LogP contribution in [0.2, 0.25) is 0 Å². The molecular weight excluding hydrogens is 420 g/mol. The molecule has 164 valence electrons. The van der Waals surface area contributed by atoms with Crippen molar-refractivity contribution in [3.63, 3.8) is 0 Å². The highest BCUT2D eigenvalue weighted by Crippen LogP contribution is 2.46. The highest BCUT2D eigenvalue weighted by molar-refractivity contribution is 6.01. The molecule has 1 aromatic carbocycles. The van der Waals surface area contributed by atoms with Crippen LogP contribution in [0, 0.1) is 11.6 Å².